The summed E-state index contributed by atoms with van der Waals surface area (Å²) in [5.41, 5.74) is 1.12. The van der Waals surface area contributed by atoms with Gasteiger partial charge in [-0.1, -0.05) is 18.2 Å². The van der Waals surface area contributed by atoms with Gasteiger partial charge in [0.15, 0.2) is 0 Å². The number of amides is 1. The molecular weight excluding hydrogens is 272 g/mol. The summed E-state index contributed by atoms with van der Waals surface area (Å²) in [4.78, 5) is 12.5. The maximum atomic E-state index is 12.5. The Morgan fingerprint density at radius 3 is 2.14 bits per heavy atom. The van der Waals surface area contributed by atoms with Crippen LogP contribution in [0, 0.1) is 17.8 Å². The number of hydrogen-bond acceptors (Lipinski definition) is 2. The molecule has 2 N–H and O–H groups in total. The quantitative estimate of drug-likeness (QED) is 0.892. The first-order valence-electron chi connectivity index (χ1n) is 8.75. The Balaban J connectivity index is 1.41. The number of para-hydroxylation sites is 1. The van der Waals surface area contributed by atoms with Gasteiger partial charge in [0.1, 0.15) is 0 Å². The predicted octanol–water partition coefficient (Wildman–Crippen LogP) is 3.57. The van der Waals surface area contributed by atoms with Crippen molar-refractivity contribution in [2.24, 2.45) is 17.8 Å². The van der Waals surface area contributed by atoms with Crippen molar-refractivity contribution < 1.29 is 4.79 Å². The van der Waals surface area contributed by atoms with E-state index in [4.69, 9.17) is 0 Å². The zero-order valence-electron chi connectivity index (χ0n) is 13.3. The lowest BCUT2D eigenvalue weighted by Gasteiger charge is -2.57. The zero-order chi connectivity index (χ0) is 15.2. The molecule has 3 nitrogen and oxygen atoms in total. The van der Waals surface area contributed by atoms with E-state index in [0.717, 1.165) is 23.4 Å². The summed E-state index contributed by atoms with van der Waals surface area (Å²) in [6, 6.07) is 9.62. The van der Waals surface area contributed by atoms with Crippen LogP contribution in [0.5, 0.6) is 0 Å². The molecule has 0 radical (unpaired) electrons. The third-order valence-corrected chi connectivity index (χ3v) is 6.00. The van der Waals surface area contributed by atoms with Crippen LogP contribution >= 0.6 is 0 Å². The van der Waals surface area contributed by atoms with Gasteiger partial charge in [-0.05, 0) is 75.3 Å². The second-order valence-electron chi connectivity index (χ2n) is 7.92. The van der Waals surface area contributed by atoms with E-state index in [9.17, 15) is 4.79 Å². The van der Waals surface area contributed by atoms with Crippen LogP contribution in [0.3, 0.4) is 0 Å². The van der Waals surface area contributed by atoms with Crippen LogP contribution in [0.4, 0.5) is 5.69 Å². The van der Waals surface area contributed by atoms with Crippen molar-refractivity contribution in [1.82, 2.24) is 5.32 Å². The number of anilines is 1. The molecule has 4 fully saturated rings. The molecule has 0 saturated heterocycles. The molecule has 0 unspecified atom stereocenters. The van der Waals surface area contributed by atoms with Gasteiger partial charge in [0, 0.05) is 11.2 Å². The predicted molar refractivity (Wildman–Crippen MR) is 88.6 cm³/mol. The molecule has 4 aliphatic carbocycles. The molecule has 1 amide bonds. The van der Waals surface area contributed by atoms with Gasteiger partial charge in [-0.2, -0.15) is 0 Å². The monoisotopic (exact) mass is 298 g/mol. The first-order valence-corrected chi connectivity index (χ1v) is 8.75. The molecule has 1 atom stereocenters. The number of benzene rings is 1. The lowest BCUT2D eigenvalue weighted by atomic mass is 9.53. The average molecular weight is 298 g/mol. The fourth-order valence-corrected chi connectivity index (χ4v) is 5.58. The maximum Gasteiger partial charge on any atom is 0.241 e. The Morgan fingerprint density at radius 2 is 1.59 bits per heavy atom. The van der Waals surface area contributed by atoms with Crippen LogP contribution in [-0.4, -0.2) is 17.5 Å². The zero-order valence-corrected chi connectivity index (χ0v) is 13.3. The number of nitrogens with one attached hydrogen (secondary N) is 2. The molecular formula is C19H26N2O. The van der Waals surface area contributed by atoms with E-state index in [1.54, 1.807) is 0 Å². The highest BCUT2D eigenvalue weighted by molar-refractivity contribution is 5.94. The van der Waals surface area contributed by atoms with E-state index < -0.39 is 0 Å². The molecule has 1 aromatic rings. The Bertz CT molecular complexity index is 519. The number of hydrogen-bond donors (Lipinski definition) is 2. The van der Waals surface area contributed by atoms with Gasteiger partial charge >= 0.3 is 0 Å². The first kappa shape index (κ1) is 14.3. The summed E-state index contributed by atoms with van der Waals surface area (Å²) in [6.45, 7) is 2.01. The molecule has 22 heavy (non-hydrogen) atoms. The van der Waals surface area contributed by atoms with Gasteiger partial charge in [-0.3, -0.25) is 4.79 Å². The number of carbonyl (C=O) groups is 1. The molecule has 0 spiro atoms. The topological polar surface area (TPSA) is 41.1 Å². The summed E-state index contributed by atoms with van der Waals surface area (Å²) < 4.78 is 0. The van der Waals surface area contributed by atoms with E-state index in [2.05, 4.69) is 10.6 Å². The summed E-state index contributed by atoms with van der Waals surface area (Å²) >= 11 is 0. The fraction of sp³-hybridized carbons (Fsp3) is 0.632. The Hall–Kier alpha value is -1.35. The van der Waals surface area contributed by atoms with Crippen molar-refractivity contribution in [3.05, 3.63) is 30.3 Å². The van der Waals surface area contributed by atoms with Crippen LogP contribution in [0.1, 0.15) is 45.4 Å². The van der Waals surface area contributed by atoms with Crippen LogP contribution in [0.25, 0.3) is 0 Å². The molecule has 5 rings (SSSR count). The first-order chi connectivity index (χ1) is 10.6. The van der Waals surface area contributed by atoms with E-state index in [1.165, 1.54) is 38.5 Å². The second-order valence-corrected chi connectivity index (χ2v) is 7.92. The van der Waals surface area contributed by atoms with Gasteiger partial charge in [-0.15, -0.1) is 0 Å². The van der Waals surface area contributed by atoms with Crippen molar-refractivity contribution in [1.29, 1.82) is 0 Å². The van der Waals surface area contributed by atoms with Gasteiger partial charge in [0.2, 0.25) is 5.91 Å². The second kappa shape index (κ2) is 5.38. The van der Waals surface area contributed by atoms with Gasteiger partial charge in [0.05, 0.1) is 6.04 Å². The summed E-state index contributed by atoms with van der Waals surface area (Å²) in [6.07, 6.45) is 8.15. The maximum absolute atomic E-state index is 12.5. The minimum absolute atomic E-state index is 0.0851. The van der Waals surface area contributed by atoms with Crippen LogP contribution in [0.2, 0.25) is 0 Å². The summed E-state index contributed by atoms with van der Waals surface area (Å²) in [5.74, 6) is 2.80. The molecule has 0 aliphatic heterocycles. The van der Waals surface area contributed by atoms with Gasteiger partial charge in [-0.25, -0.2) is 0 Å². The molecule has 118 valence electrons. The van der Waals surface area contributed by atoms with Crippen molar-refractivity contribution in [3.8, 4) is 0 Å². The van der Waals surface area contributed by atoms with E-state index in [-0.39, 0.29) is 17.5 Å². The number of carbonyl (C=O) groups excluding carboxylic acids is 1. The summed E-state index contributed by atoms with van der Waals surface area (Å²) in [7, 11) is 0. The van der Waals surface area contributed by atoms with E-state index in [1.807, 2.05) is 37.3 Å². The third-order valence-electron chi connectivity index (χ3n) is 6.00. The van der Waals surface area contributed by atoms with Crippen LogP contribution in [0.15, 0.2) is 30.3 Å². The van der Waals surface area contributed by atoms with Crippen molar-refractivity contribution >= 4 is 11.6 Å². The van der Waals surface area contributed by atoms with Crippen molar-refractivity contribution in [2.45, 2.75) is 57.0 Å². The minimum atomic E-state index is -0.128. The average Bonchev–Trinajstić information content (AvgIpc) is 2.46. The third kappa shape index (κ3) is 2.67. The normalized spacial score (nSPS) is 37.0. The Morgan fingerprint density at radius 1 is 1.05 bits per heavy atom. The Labute approximate surface area is 132 Å². The van der Waals surface area contributed by atoms with Crippen LogP contribution in [-0.2, 0) is 4.79 Å². The van der Waals surface area contributed by atoms with Gasteiger partial charge in [0.25, 0.3) is 0 Å². The smallest absolute Gasteiger partial charge is 0.241 e. The van der Waals surface area contributed by atoms with E-state index >= 15 is 0 Å². The molecule has 0 aromatic heterocycles. The highest BCUT2D eigenvalue weighted by Gasteiger charge is 2.51. The van der Waals surface area contributed by atoms with Crippen LogP contribution < -0.4 is 10.6 Å². The molecule has 4 bridgehead atoms. The lowest BCUT2D eigenvalue weighted by Crippen LogP contribution is -2.62. The lowest BCUT2D eigenvalue weighted by molar-refractivity contribution is -0.119. The summed E-state index contributed by atoms with van der Waals surface area (Å²) in [5, 5.41) is 6.76. The Kier molecular flexibility index (Phi) is 3.48. The molecule has 1 aromatic carbocycles. The van der Waals surface area contributed by atoms with Crippen molar-refractivity contribution in [2.75, 3.05) is 5.32 Å². The molecule has 4 aliphatic rings. The SMILES string of the molecule is C[C@H](NC12CC3CC(CC(C3)C1)C2)C(=O)Nc1ccccc1. The number of rotatable bonds is 4. The highest BCUT2D eigenvalue weighted by Crippen LogP contribution is 2.55. The highest BCUT2D eigenvalue weighted by atomic mass is 16.2. The molecule has 3 heteroatoms. The van der Waals surface area contributed by atoms with E-state index in [0.29, 0.717) is 0 Å². The standard InChI is InChI=1S/C19H26N2O/c1-13(18(22)20-17-5-3-2-4-6-17)21-19-10-14-7-15(11-19)9-16(8-14)12-19/h2-6,13-16,21H,7-12H2,1H3,(H,20,22)/t13-,14?,15?,16?,19?/m0/s1. The largest absolute Gasteiger partial charge is 0.325 e. The molecule has 4 saturated carbocycles. The van der Waals surface area contributed by atoms with Crippen molar-refractivity contribution in [3.63, 3.8) is 0 Å². The minimum Gasteiger partial charge on any atom is -0.325 e. The van der Waals surface area contributed by atoms with Gasteiger partial charge < -0.3 is 10.6 Å². The fourth-order valence-electron chi connectivity index (χ4n) is 5.58. The molecule has 0 heterocycles.